The highest BCUT2D eigenvalue weighted by molar-refractivity contribution is 5.96. The fourth-order valence-electron chi connectivity index (χ4n) is 3.68. The van der Waals surface area contributed by atoms with Gasteiger partial charge in [0.25, 0.3) is 0 Å². The van der Waals surface area contributed by atoms with E-state index >= 15 is 0 Å². The van der Waals surface area contributed by atoms with Crippen LogP contribution in [0.15, 0.2) is 18.2 Å². The number of hydrogen-bond acceptors (Lipinski definition) is 2. The minimum atomic E-state index is -0.972. The van der Waals surface area contributed by atoms with E-state index in [-0.39, 0.29) is 17.4 Å². The third-order valence-corrected chi connectivity index (χ3v) is 4.82. The second-order valence-electron chi connectivity index (χ2n) is 6.11. The molecule has 2 aliphatic carbocycles. The van der Waals surface area contributed by atoms with Crippen LogP contribution < -0.4 is 5.32 Å². The summed E-state index contributed by atoms with van der Waals surface area (Å²) >= 11 is 0. The monoisotopic (exact) mass is 273 g/mol. The summed E-state index contributed by atoms with van der Waals surface area (Å²) in [6.45, 7) is 1.88. The van der Waals surface area contributed by atoms with Gasteiger partial charge in [0.05, 0.1) is 5.56 Å². The molecule has 106 valence electrons. The van der Waals surface area contributed by atoms with Crippen molar-refractivity contribution < 1.29 is 14.7 Å². The van der Waals surface area contributed by atoms with Gasteiger partial charge in [-0.15, -0.1) is 0 Å². The Morgan fingerprint density at radius 1 is 1.25 bits per heavy atom. The zero-order chi connectivity index (χ0) is 14.3. The number of benzene rings is 1. The van der Waals surface area contributed by atoms with Crippen molar-refractivity contribution in [2.24, 2.45) is 17.8 Å². The smallest absolute Gasteiger partial charge is 0.335 e. The Morgan fingerprint density at radius 3 is 2.65 bits per heavy atom. The number of nitrogens with one attached hydrogen (secondary N) is 1. The van der Waals surface area contributed by atoms with Crippen LogP contribution in [0.5, 0.6) is 0 Å². The maximum Gasteiger partial charge on any atom is 0.335 e. The normalized spacial score (nSPS) is 27.6. The molecule has 1 amide bonds. The average Bonchev–Trinajstić information content (AvgIpc) is 3.03. The minimum Gasteiger partial charge on any atom is -0.478 e. The number of carbonyl (C=O) groups excluding carboxylic acids is 1. The van der Waals surface area contributed by atoms with Gasteiger partial charge in [-0.05, 0) is 55.7 Å². The zero-order valence-corrected chi connectivity index (χ0v) is 11.6. The molecule has 0 radical (unpaired) electrons. The highest BCUT2D eigenvalue weighted by Gasteiger charge is 2.43. The van der Waals surface area contributed by atoms with E-state index in [1.165, 1.54) is 12.8 Å². The van der Waals surface area contributed by atoms with Crippen LogP contribution in [0.4, 0.5) is 5.69 Å². The first-order valence-electron chi connectivity index (χ1n) is 7.19. The SMILES string of the molecule is Cc1ccc(C(=O)O)cc1NC(=O)C1CC2CCC1C2. The van der Waals surface area contributed by atoms with E-state index in [0.717, 1.165) is 24.3 Å². The number of carboxylic acids is 1. The Kier molecular flexibility index (Phi) is 3.24. The first-order chi connectivity index (χ1) is 9.54. The zero-order valence-electron chi connectivity index (χ0n) is 11.6. The van der Waals surface area contributed by atoms with E-state index in [1.807, 2.05) is 6.92 Å². The molecular formula is C16H19NO3. The molecule has 2 aliphatic rings. The van der Waals surface area contributed by atoms with Crippen molar-refractivity contribution in [2.75, 3.05) is 5.32 Å². The van der Waals surface area contributed by atoms with Crippen molar-refractivity contribution in [3.05, 3.63) is 29.3 Å². The number of fused-ring (bicyclic) bond motifs is 2. The van der Waals surface area contributed by atoms with Crippen LogP contribution >= 0.6 is 0 Å². The maximum atomic E-state index is 12.4. The molecule has 0 aliphatic heterocycles. The van der Waals surface area contributed by atoms with Crippen molar-refractivity contribution in [3.8, 4) is 0 Å². The minimum absolute atomic E-state index is 0.0582. The molecule has 0 aromatic heterocycles. The summed E-state index contributed by atoms with van der Waals surface area (Å²) in [4.78, 5) is 23.4. The summed E-state index contributed by atoms with van der Waals surface area (Å²) in [5, 5.41) is 11.9. The number of carboxylic acid groups (broad SMARTS) is 1. The van der Waals surface area contributed by atoms with E-state index in [4.69, 9.17) is 5.11 Å². The van der Waals surface area contributed by atoms with Gasteiger partial charge in [0, 0.05) is 11.6 Å². The molecule has 3 rings (SSSR count). The number of anilines is 1. The molecule has 0 spiro atoms. The van der Waals surface area contributed by atoms with Gasteiger partial charge in [-0.3, -0.25) is 4.79 Å². The number of aryl methyl sites for hydroxylation is 1. The van der Waals surface area contributed by atoms with Gasteiger partial charge in [0.2, 0.25) is 5.91 Å². The van der Waals surface area contributed by atoms with Gasteiger partial charge in [-0.2, -0.15) is 0 Å². The first kappa shape index (κ1) is 13.2. The summed E-state index contributed by atoms with van der Waals surface area (Å²) < 4.78 is 0. The number of rotatable bonds is 3. The Labute approximate surface area is 118 Å². The summed E-state index contributed by atoms with van der Waals surface area (Å²) in [5.41, 5.74) is 1.73. The molecule has 0 heterocycles. The van der Waals surface area contributed by atoms with Crippen LogP contribution in [-0.2, 0) is 4.79 Å². The van der Waals surface area contributed by atoms with Crippen LogP contribution in [0, 0.1) is 24.7 Å². The molecule has 1 aromatic carbocycles. The summed E-state index contributed by atoms with van der Waals surface area (Å²) in [7, 11) is 0. The molecule has 4 nitrogen and oxygen atoms in total. The predicted octanol–water partition coefficient (Wildman–Crippen LogP) is 3.07. The van der Waals surface area contributed by atoms with E-state index in [0.29, 0.717) is 11.6 Å². The van der Waals surface area contributed by atoms with Gasteiger partial charge < -0.3 is 10.4 Å². The van der Waals surface area contributed by atoms with E-state index < -0.39 is 5.97 Å². The molecule has 0 saturated heterocycles. The van der Waals surface area contributed by atoms with E-state index in [1.54, 1.807) is 18.2 Å². The maximum absolute atomic E-state index is 12.4. The largest absolute Gasteiger partial charge is 0.478 e. The standard InChI is InChI=1S/C16H19NO3/c1-9-2-4-12(16(19)20)8-14(9)17-15(18)13-7-10-3-5-11(13)6-10/h2,4,8,10-11,13H,3,5-7H2,1H3,(H,17,18)(H,19,20). The fourth-order valence-corrected chi connectivity index (χ4v) is 3.68. The summed E-state index contributed by atoms with van der Waals surface area (Å²) in [6, 6.07) is 4.84. The van der Waals surface area contributed by atoms with Gasteiger partial charge in [0.1, 0.15) is 0 Å². The summed E-state index contributed by atoms with van der Waals surface area (Å²) in [5.74, 6) is 0.454. The van der Waals surface area contributed by atoms with Crippen LogP contribution in [0.25, 0.3) is 0 Å². The molecule has 3 atom stereocenters. The highest BCUT2D eigenvalue weighted by Crippen LogP contribution is 2.48. The topological polar surface area (TPSA) is 66.4 Å². The number of hydrogen-bond donors (Lipinski definition) is 2. The third kappa shape index (κ3) is 2.30. The summed E-state index contributed by atoms with van der Waals surface area (Å²) in [6.07, 6.45) is 4.61. The lowest BCUT2D eigenvalue weighted by atomic mass is 9.88. The van der Waals surface area contributed by atoms with Crippen LogP contribution in [-0.4, -0.2) is 17.0 Å². The molecule has 2 bridgehead atoms. The Bertz CT molecular complexity index is 567. The molecule has 2 N–H and O–H groups in total. The average molecular weight is 273 g/mol. The lowest BCUT2D eigenvalue weighted by Gasteiger charge is -2.21. The van der Waals surface area contributed by atoms with Gasteiger partial charge >= 0.3 is 5.97 Å². The van der Waals surface area contributed by atoms with Crippen LogP contribution in [0.1, 0.15) is 41.6 Å². The van der Waals surface area contributed by atoms with Crippen LogP contribution in [0.2, 0.25) is 0 Å². The molecule has 4 heteroatoms. The molecule has 3 unspecified atom stereocenters. The molecule has 2 fully saturated rings. The van der Waals surface area contributed by atoms with E-state index in [9.17, 15) is 9.59 Å². The molecular weight excluding hydrogens is 254 g/mol. The van der Waals surface area contributed by atoms with Crippen LogP contribution in [0.3, 0.4) is 0 Å². The fraction of sp³-hybridized carbons (Fsp3) is 0.500. The van der Waals surface area contributed by atoms with Crippen molar-refractivity contribution in [1.29, 1.82) is 0 Å². The number of carbonyl (C=O) groups is 2. The van der Waals surface area contributed by atoms with E-state index in [2.05, 4.69) is 5.32 Å². The molecule has 1 aromatic rings. The van der Waals surface area contributed by atoms with Gasteiger partial charge in [-0.25, -0.2) is 4.79 Å². The quantitative estimate of drug-likeness (QED) is 0.889. The number of aromatic carboxylic acids is 1. The van der Waals surface area contributed by atoms with Crippen molar-refractivity contribution in [2.45, 2.75) is 32.6 Å². The third-order valence-electron chi connectivity index (χ3n) is 4.82. The van der Waals surface area contributed by atoms with Crippen molar-refractivity contribution in [3.63, 3.8) is 0 Å². The van der Waals surface area contributed by atoms with Crippen molar-refractivity contribution in [1.82, 2.24) is 0 Å². The van der Waals surface area contributed by atoms with Gasteiger partial charge in [0.15, 0.2) is 0 Å². The Balaban J connectivity index is 1.75. The Morgan fingerprint density at radius 2 is 2.05 bits per heavy atom. The first-order valence-corrected chi connectivity index (χ1v) is 7.19. The molecule has 2 saturated carbocycles. The lowest BCUT2D eigenvalue weighted by molar-refractivity contribution is -0.121. The Hall–Kier alpha value is -1.84. The highest BCUT2D eigenvalue weighted by atomic mass is 16.4. The number of amides is 1. The second-order valence-corrected chi connectivity index (χ2v) is 6.11. The van der Waals surface area contributed by atoms with Crippen molar-refractivity contribution >= 4 is 17.6 Å². The second kappa shape index (κ2) is 4.93. The lowest BCUT2D eigenvalue weighted by Crippen LogP contribution is -2.27. The predicted molar refractivity (Wildman–Crippen MR) is 75.7 cm³/mol. The molecule has 20 heavy (non-hydrogen) atoms. The van der Waals surface area contributed by atoms with Gasteiger partial charge in [-0.1, -0.05) is 12.5 Å².